The molecule has 0 aromatic heterocycles. The van der Waals surface area contributed by atoms with Gasteiger partial charge in [-0.25, -0.2) is 5.01 Å². The summed E-state index contributed by atoms with van der Waals surface area (Å²) in [7, 11) is 0. The Labute approximate surface area is 205 Å². The Hall–Kier alpha value is -1.06. The van der Waals surface area contributed by atoms with Gasteiger partial charge in [0.25, 0.3) is 0 Å². The van der Waals surface area contributed by atoms with Crippen molar-refractivity contribution in [1.29, 1.82) is 0 Å². The molecule has 0 bridgehead atoms. The first-order chi connectivity index (χ1) is 15.3. The summed E-state index contributed by atoms with van der Waals surface area (Å²) >= 11 is 0. The lowest BCUT2D eigenvalue weighted by Gasteiger charge is -2.22. The number of hydrazine groups is 1. The molecule has 1 aromatic rings. The van der Waals surface area contributed by atoms with Crippen molar-refractivity contribution in [3.8, 4) is 0 Å². The predicted octanol–water partition coefficient (Wildman–Crippen LogP) is 8.61. The summed E-state index contributed by atoms with van der Waals surface area (Å²) in [5.41, 5.74) is 4.35. The number of hydrogen-bond acceptors (Lipinski definition) is 2. The van der Waals surface area contributed by atoms with Gasteiger partial charge in [0.05, 0.1) is 0 Å². The highest BCUT2D eigenvalue weighted by molar-refractivity contribution is 5.85. The average Bonchev–Trinajstić information content (AvgIpc) is 2.77. The summed E-state index contributed by atoms with van der Waals surface area (Å²) in [5.74, 6) is 0.166. The third kappa shape index (κ3) is 18.5. The van der Waals surface area contributed by atoms with E-state index in [0.717, 1.165) is 25.9 Å². The first-order valence-electron chi connectivity index (χ1n) is 13.3. The normalized spacial score (nSPS) is 10.8. The summed E-state index contributed by atoms with van der Waals surface area (Å²) in [6.45, 7) is 6.10. The molecule has 0 aliphatic rings. The van der Waals surface area contributed by atoms with Crippen LogP contribution in [0.2, 0.25) is 0 Å². The quantitative estimate of drug-likeness (QED) is 0.145. The molecule has 0 heterocycles. The van der Waals surface area contributed by atoms with Crippen molar-refractivity contribution >= 4 is 18.3 Å². The molecule has 0 fully saturated rings. The maximum absolute atomic E-state index is 12.3. The number of unbranched alkanes of at least 4 members (excludes halogenated alkanes) is 14. The Balaban J connectivity index is 0.00000961. The van der Waals surface area contributed by atoms with Crippen molar-refractivity contribution in [2.24, 2.45) is 0 Å². The Morgan fingerprint density at radius 2 is 1.16 bits per heavy atom. The van der Waals surface area contributed by atoms with Crippen LogP contribution in [0.15, 0.2) is 30.3 Å². The molecule has 4 heteroatoms. The van der Waals surface area contributed by atoms with Crippen LogP contribution in [0.25, 0.3) is 0 Å². The van der Waals surface area contributed by atoms with E-state index in [1.165, 1.54) is 95.5 Å². The second-order valence-corrected chi connectivity index (χ2v) is 9.14. The second-order valence-electron chi connectivity index (χ2n) is 9.14. The Morgan fingerprint density at radius 1 is 0.688 bits per heavy atom. The molecular formula is C28H51ClN2O. The number of benzene rings is 1. The Bertz CT molecular complexity index is 523. The molecule has 0 radical (unpaired) electrons. The summed E-state index contributed by atoms with van der Waals surface area (Å²) in [6.07, 6.45) is 22.0. The van der Waals surface area contributed by atoms with Gasteiger partial charge in [-0.05, 0) is 18.4 Å². The fourth-order valence-electron chi connectivity index (χ4n) is 4.14. The minimum atomic E-state index is 0. The zero-order valence-corrected chi connectivity index (χ0v) is 21.9. The molecule has 186 valence electrons. The molecular weight excluding hydrogens is 416 g/mol. The Kier molecular flexibility index (Phi) is 22.3. The number of carbonyl (C=O) groups is 1. The number of amides is 1. The summed E-state index contributed by atoms with van der Waals surface area (Å²) in [6, 6.07) is 10.4. The van der Waals surface area contributed by atoms with Gasteiger partial charge >= 0.3 is 0 Å². The van der Waals surface area contributed by atoms with Crippen molar-refractivity contribution in [2.75, 3.05) is 6.54 Å². The zero-order chi connectivity index (χ0) is 22.4. The van der Waals surface area contributed by atoms with Gasteiger partial charge in [-0.3, -0.25) is 10.2 Å². The number of nitrogens with one attached hydrogen (secondary N) is 1. The average molecular weight is 467 g/mol. The standard InChI is InChI=1S/C28H50N2O.ClH/c1-3-5-6-7-8-9-10-11-12-13-14-15-16-17-21-24-28(31)29-30(25-4-2)26-27-22-19-18-20-23-27;/h18-20,22-23H,3-17,21,24-26H2,1-2H3,(H,29,31);1H. The molecule has 0 saturated heterocycles. The largest absolute Gasteiger partial charge is 0.289 e. The van der Waals surface area contributed by atoms with Crippen LogP contribution in [-0.4, -0.2) is 17.5 Å². The maximum atomic E-state index is 12.3. The molecule has 3 nitrogen and oxygen atoms in total. The fraction of sp³-hybridized carbons (Fsp3) is 0.750. The van der Waals surface area contributed by atoms with Crippen molar-refractivity contribution in [2.45, 2.75) is 130 Å². The summed E-state index contributed by atoms with van der Waals surface area (Å²) < 4.78 is 0. The van der Waals surface area contributed by atoms with Crippen LogP contribution in [0.4, 0.5) is 0 Å². The number of hydrogen-bond donors (Lipinski definition) is 1. The van der Waals surface area contributed by atoms with E-state index in [1.54, 1.807) is 0 Å². The van der Waals surface area contributed by atoms with Crippen molar-refractivity contribution < 1.29 is 4.79 Å². The molecule has 0 saturated carbocycles. The van der Waals surface area contributed by atoms with Gasteiger partial charge in [0.15, 0.2) is 0 Å². The van der Waals surface area contributed by atoms with E-state index in [1.807, 2.05) is 6.07 Å². The van der Waals surface area contributed by atoms with Gasteiger partial charge in [-0.15, -0.1) is 12.4 Å². The molecule has 0 aliphatic carbocycles. The van der Waals surface area contributed by atoms with Gasteiger partial charge < -0.3 is 0 Å². The molecule has 32 heavy (non-hydrogen) atoms. The van der Waals surface area contributed by atoms with E-state index in [0.29, 0.717) is 6.42 Å². The lowest BCUT2D eigenvalue weighted by molar-refractivity contribution is -0.126. The van der Waals surface area contributed by atoms with Crippen molar-refractivity contribution in [3.05, 3.63) is 35.9 Å². The molecule has 1 rings (SSSR count). The van der Waals surface area contributed by atoms with Crippen LogP contribution in [0, 0.1) is 0 Å². The Morgan fingerprint density at radius 3 is 1.62 bits per heavy atom. The fourth-order valence-corrected chi connectivity index (χ4v) is 4.14. The number of halogens is 1. The second kappa shape index (κ2) is 23.1. The van der Waals surface area contributed by atoms with E-state index in [4.69, 9.17) is 0 Å². The molecule has 1 aromatic carbocycles. The van der Waals surface area contributed by atoms with Crippen LogP contribution in [0.5, 0.6) is 0 Å². The van der Waals surface area contributed by atoms with E-state index < -0.39 is 0 Å². The predicted molar refractivity (Wildman–Crippen MR) is 142 cm³/mol. The minimum absolute atomic E-state index is 0. The number of carbonyl (C=O) groups excluding carboxylic acids is 1. The molecule has 0 unspecified atom stereocenters. The monoisotopic (exact) mass is 466 g/mol. The van der Waals surface area contributed by atoms with Crippen LogP contribution in [0.3, 0.4) is 0 Å². The van der Waals surface area contributed by atoms with Crippen LogP contribution >= 0.6 is 12.4 Å². The third-order valence-electron chi connectivity index (χ3n) is 6.00. The first kappa shape index (κ1) is 30.9. The molecule has 0 aliphatic heterocycles. The molecule has 1 amide bonds. The minimum Gasteiger partial charge on any atom is -0.289 e. The molecule has 0 spiro atoms. The smallest absolute Gasteiger partial charge is 0.234 e. The maximum Gasteiger partial charge on any atom is 0.234 e. The highest BCUT2D eigenvalue weighted by Crippen LogP contribution is 2.13. The first-order valence-corrected chi connectivity index (χ1v) is 13.3. The van der Waals surface area contributed by atoms with Crippen LogP contribution in [0.1, 0.15) is 129 Å². The lowest BCUT2D eigenvalue weighted by Crippen LogP contribution is -2.42. The molecule has 1 N–H and O–H groups in total. The zero-order valence-electron chi connectivity index (χ0n) is 21.1. The highest BCUT2D eigenvalue weighted by atomic mass is 35.5. The summed E-state index contributed by atoms with van der Waals surface area (Å²) in [5, 5.41) is 2.06. The van der Waals surface area contributed by atoms with E-state index in [2.05, 4.69) is 48.5 Å². The van der Waals surface area contributed by atoms with Gasteiger partial charge in [0.1, 0.15) is 0 Å². The van der Waals surface area contributed by atoms with E-state index >= 15 is 0 Å². The van der Waals surface area contributed by atoms with E-state index in [9.17, 15) is 4.79 Å². The van der Waals surface area contributed by atoms with Gasteiger partial charge in [-0.1, -0.05) is 134 Å². The van der Waals surface area contributed by atoms with Gasteiger partial charge in [0, 0.05) is 19.5 Å². The molecule has 0 atom stereocenters. The summed E-state index contributed by atoms with van der Waals surface area (Å²) in [4.78, 5) is 12.3. The third-order valence-corrected chi connectivity index (χ3v) is 6.00. The van der Waals surface area contributed by atoms with E-state index in [-0.39, 0.29) is 18.3 Å². The topological polar surface area (TPSA) is 32.3 Å². The van der Waals surface area contributed by atoms with Crippen molar-refractivity contribution in [1.82, 2.24) is 10.4 Å². The van der Waals surface area contributed by atoms with Crippen LogP contribution in [-0.2, 0) is 11.3 Å². The number of nitrogens with zero attached hydrogens (tertiary/aromatic N) is 1. The number of rotatable bonds is 21. The van der Waals surface area contributed by atoms with Crippen molar-refractivity contribution in [3.63, 3.8) is 0 Å². The lowest BCUT2D eigenvalue weighted by atomic mass is 10.0. The SMILES string of the molecule is CCCCCCCCCCCCCCCCCC(=O)NN(CCC)Cc1ccccc1.Cl. The van der Waals surface area contributed by atoms with Gasteiger partial charge in [-0.2, -0.15) is 0 Å². The van der Waals surface area contributed by atoms with Gasteiger partial charge in [0.2, 0.25) is 5.91 Å². The van der Waals surface area contributed by atoms with Crippen LogP contribution < -0.4 is 5.43 Å². The highest BCUT2D eigenvalue weighted by Gasteiger charge is 2.09.